The van der Waals surface area contributed by atoms with Crippen molar-refractivity contribution in [1.29, 1.82) is 5.26 Å². The Labute approximate surface area is 118 Å². The summed E-state index contributed by atoms with van der Waals surface area (Å²) in [5.74, 6) is 1.52. The molecule has 2 aromatic rings. The van der Waals surface area contributed by atoms with Crippen molar-refractivity contribution in [3.63, 3.8) is 0 Å². The van der Waals surface area contributed by atoms with Gasteiger partial charge in [-0.15, -0.1) is 0 Å². The minimum Gasteiger partial charge on any atom is -0.457 e. The molecule has 100 valence electrons. The van der Waals surface area contributed by atoms with Crippen molar-refractivity contribution in [2.75, 3.05) is 5.73 Å². The highest BCUT2D eigenvalue weighted by Crippen LogP contribution is 2.43. The van der Waals surface area contributed by atoms with Gasteiger partial charge in [0.25, 0.3) is 0 Å². The lowest BCUT2D eigenvalue weighted by Crippen LogP contribution is -2.32. The van der Waals surface area contributed by atoms with Gasteiger partial charge in [0, 0.05) is 5.69 Å². The molecule has 0 bridgehead atoms. The van der Waals surface area contributed by atoms with Crippen LogP contribution in [0.4, 0.5) is 5.69 Å². The van der Waals surface area contributed by atoms with Crippen LogP contribution in [0, 0.1) is 11.3 Å². The number of nitrogens with zero attached hydrogens (tertiary/aromatic N) is 1. The van der Waals surface area contributed by atoms with E-state index in [0.717, 1.165) is 36.3 Å². The van der Waals surface area contributed by atoms with Gasteiger partial charge in [0.15, 0.2) is 0 Å². The predicted molar refractivity (Wildman–Crippen MR) is 78.5 cm³/mol. The summed E-state index contributed by atoms with van der Waals surface area (Å²) in [4.78, 5) is 0. The van der Waals surface area contributed by atoms with Crippen LogP contribution >= 0.6 is 0 Å². The maximum Gasteiger partial charge on any atom is 0.127 e. The monoisotopic (exact) mass is 264 g/mol. The molecule has 2 aromatic carbocycles. The van der Waals surface area contributed by atoms with E-state index in [1.165, 1.54) is 0 Å². The molecule has 1 saturated carbocycles. The highest BCUT2D eigenvalue weighted by atomic mass is 16.5. The average molecular weight is 264 g/mol. The molecule has 1 fully saturated rings. The van der Waals surface area contributed by atoms with Crippen molar-refractivity contribution in [2.24, 2.45) is 0 Å². The molecule has 0 radical (unpaired) electrons. The summed E-state index contributed by atoms with van der Waals surface area (Å²) in [7, 11) is 0. The molecule has 1 aliphatic carbocycles. The molecule has 0 amide bonds. The van der Waals surface area contributed by atoms with Crippen LogP contribution in [0.25, 0.3) is 0 Å². The molecule has 0 aromatic heterocycles. The molecule has 20 heavy (non-hydrogen) atoms. The Bertz CT molecular complexity index is 634. The number of nitrogen functional groups attached to an aromatic ring is 1. The quantitative estimate of drug-likeness (QED) is 0.852. The number of rotatable bonds is 3. The second-order valence-corrected chi connectivity index (χ2v) is 5.24. The third-order valence-corrected chi connectivity index (χ3v) is 3.94. The maximum absolute atomic E-state index is 9.33. The van der Waals surface area contributed by atoms with Crippen LogP contribution in [-0.4, -0.2) is 0 Å². The molecule has 3 rings (SSSR count). The molecule has 0 spiro atoms. The lowest BCUT2D eigenvalue weighted by Gasteiger charge is -2.35. The second kappa shape index (κ2) is 4.90. The largest absolute Gasteiger partial charge is 0.457 e. The van der Waals surface area contributed by atoms with Crippen LogP contribution in [0.1, 0.15) is 24.8 Å². The van der Waals surface area contributed by atoms with Crippen molar-refractivity contribution in [3.8, 4) is 17.6 Å². The number of hydrogen-bond donors (Lipinski definition) is 1. The fourth-order valence-corrected chi connectivity index (χ4v) is 2.51. The zero-order valence-corrected chi connectivity index (χ0v) is 11.2. The number of benzene rings is 2. The third-order valence-electron chi connectivity index (χ3n) is 3.94. The normalized spacial score (nSPS) is 15.9. The smallest absolute Gasteiger partial charge is 0.127 e. The molecule has 0 saturated heterocycles. The second-order valence-electron chi connectivity index (χ2n) is 5.24. The van der Waals surface area contributed by atoms with Crippen molar-refractivity contribution in [2.45, 2.75) is 24.7 Å². The summed E-state index contributed by atoms with van der Waals surface area (Å²) in [5.41, 5.74) is 7.18. The van der Waals surface area contributed by atoms with Gasteiger partial charge in [0.1, 0.15) is 11.5 Å². The van der Waals surface area contributed by atoms with Gasteiger partial charge >= 0.3 is 0 Å². The van der Waals surface area contributed by atoms with E-state index >= 15 is 0 Å². The molecular formula is C17H16N2O. The zero-order chi connectivity index (χ0) is 14.0. The topological polar surface area (TPSA) is 59.0 Å². The van der Waals surface area contributed by atoms with E-state index in [9.17, 15) is 5.26 Å². The third kappa shape index (κ3) is 2.21. The standard InChI is InChI=1S/C17H16N2O/c18-12-17(10-1-11-17)13-2-6-15(7-3-13)20-16-8-4-14(19)5-9-16/h2-9H,1,10-11,19H2. The first-order valence-corrected chi connectivity index (χ1v) is 6.77. The summed E-state index contributed by atoms with van der Waals surface area (Å²) in [5, 5.41) is 9.33. The maximum atomic E-state index is 9.33. The number of anilines is 1. The van der Waals surface area contributed by atoms with Crippen LogP contribution < -0.4 is 10.5 Å². The number of ether oxygens (including phenoxy) is 1. The van der Waals surface area contributed by atoms with Gasteiger partial charge in [0.05, 0.1) is 11.5 Å². The number of nitriles is 1. The van der Waals surface area contributed by atoms with Crippen LogP contribution in [0.5, 0.6) is 11.5 Å². The van der Waals surface area contributed by atoms with E-state index in [2.05, 4.69) is 6.07 Å². The Hall–Kier alpha value is -2.47. The van der Waals surface area contributed by atoms with Gasteiger partial charge in [-0.2, -0.15) is 5.26 Å². The Morgan fingerprint density at radius 1 is 0.950 bits per heavy atom. The molecule has 2 N–H and O–H groups in total. The van der Waals surface area contributed by atoms with Crippen molar-refractivity contribution >= 4 is 5.69 Å². The lowest BCUT2D eigenvalue weighted by atomic mass is 9.65. The molecule has 1 aliphatic rings. The fraction of sp³-hybridized carbons (Fsp3) is 0.235. The Balaban J connectivity index is 1.76. The highest BCUT2D eigenvalue weighted by molar-refractivity contribution is 5.44. The van der Waals surface area contributed by atoms with E-state index in [1.54, 1.807) is 0 Å². The van der Waals surface area contributed by atoms with Gasteiger partial charge in [-0.3, -0.25) is 0 Å². The van der Waals surface area contributed by atoms with E-state index in [4.69, 9.17) is 10.5 Å². The summed E-state index contributed by atoms with van der Waals surface area (Å²) in [6, 6.07) is 17.6. The molecule has 0 heterocycles. The Kier molecular flexibility index (Phi) is 3.08. The summed E-state index contributed by atoms with van der Waals surface area (Å²) in [6.45, 7) is 0. The SMILES string of the molecule is N#CC1(c2ccc(Oc3ccc(N)cc3)cc2)CCC1. The highest BCUT2D eigenvalue weighted by Gasteiger charge is 2.38. The van der Waals surface area contributed by atoms with Gasteiger partial charge < -0.3 is 10.5 Å². The molecule has 3 heteroatoms. The van der Waals surface area contributed by atoms with Crippen molar-refractivity contribution in [1.82, 2.24) is 0 Å². The first-order valence-electron chi connectivity index (χ1n) is 6.77. The zero-order valence-electron chi connectivity index (χ0n) is 11.2. The molecule has 0 aliphatic heterocycles. The van der Waals surface area contributed by atoms with E-state index in [0.29, 0.717) is 5.69 Å². The van der Waals surface area contributed by atoms with Crippen molar-refractivity contribution in [3.05, 3.63) is 54.1 Å². The first-order chi connectivity index (χ1) is 9.72. The van der Waals surface area contributed by atoms with Gasteiger partial charge in [0.2, 0.25) is 0 Å². The minimum absolute atomic E-state index is 0.264. The Morgan fingerprint density at radius 2 is 1.50 bits per heavy atom. The summed E-state index contributed by atoms with van der Waals surface area (Å²) < 4.78 is 5.75. The predicted octanol–water partition coefficient (Wildman–Crippen LogP) is 4.01. The van der Waals surface area contributed by atoms with Crippen LogP contribution in [-0.2, 0) is 5.41 Å². The van der Waals surface area contributed by atoms with Gasteiger partial charge in [-0.05, 0) is 61.2 Å². The van der Waals surface area contributed by atoms with Gasteiger partial charge in [-0.1, -0.05) is 12.1 Å². The fourth-order valence-electron chi connectivity index (χ4n) is 2.51. The number of hydrogen-bond acceptors (Lipinski definition) is 3. The van der Waals surface area contributed by atoms with Crippen LogP contribution in [0.2, 0.25) is 0 Å². The molecular weight excluding hydrogens is 248 g/mol. The molecule has 0 unspecified atom stereocenters. The summed E-state index contributed by atoms with van der Waals surface area (Å²) in [6.07, 6.45) is 3.06. The Morgan fingerprint density at radius 3 is 1.95 bits per heavy atom. The summed E-state index contributed by atoms with van der Waals surface area (Å²) >= 11 is 0. The lowest BCUT2D eigenvalue weighted by molar-refractivity contribution is 0.324. The minimum atomic E-state index is -0.264. The van der Waals surface area contributed by atoms with Crippen LogP contribution in [0.3, 0.4) is 0 Å². The molecule has 3 nitrogen and oxygen atoms in total. The van der Waals surface area contributed by atoms with Gasteiger partial charge in [-0.25, -0.2) is 0 Å². The average Bonchev–Trinajstić information content (AvgIpc) is 2.43. The molecule has 0 atom stereocenters. The first kappa shape index (κ1) is 12.6. The number of nitrogens with two attached hydrogens (primary N) is 1. The van der Waals surface area contributed by atoms with E-state index in [-0.39, 0.29) is 5.41 Å². The van der Waals surface area contributed by atoms with E-state index < -0.39 is 0 Å². The van der Waals surface area contributed by atoms with E-state index in [1.807, 2.05) is 48.5 Å². The van der Waals surface area contributed by atoms with Crippen LogP contribution in [0.15, 0.2) is 48.5 Å². The van der Waals surface area contributed by atoms with Crippen molar-refractivity contribution < 1.29 is 4.74 Å².